The van der Waals surface area contributed by atoms with Crippen molar-refractivity contribution in [3.63, 3.8) is 0 Å². The zero-order chi connectivity index (χ0) is 12.7. The van der Waals surface area contributed by atoms with E-state index in [1.54, 1.807) is 0 Å². The van der Waals surface area contributed by atoms with Gasteiger partial charge in [-0.3, -0.25) is 4.79 Å². The summed E-state index contributed by atoms with van der Waals surface area (Å²) in [5.74, 6) is -2.18. The maximum Gasteiger partial charge on any atom is 0.246 e. The molecule has 0 heterocycles. The van der Waals surface area contributed by atoms with Crippen molar-refractivity contribution in [2.24, 2.45) is 5.73 Å². The van der Waals surface area contributed by atoms with Crippen molar-refractivity contribution < 1.29 is 18.3 Å². The second-order valence-electron chi connectivity index (χ2n) is 3.37. The standard InChI is InChI=1S/C11H14F2N2O2/c12-9-2-1-8(5-10(9)13)6-15-11(16)7-17-4-3-14/h1-2,5H,3-4,6-7,14H2,(H,15,16). The molecule has 6 heteroatoms. The zero-order valence-electron chi connectivity index (χ0n) is 9.21. The van der Waals surface area contributed by atoms with Crippen LogP contribution in [-0.2, 0) is 16.1 Å². The summed E-state index contributed by atoms with van der Waals surface area (Å²) in [6.07, 6.45) is 0. The topological polar surface area (TPSA) is 64.3 Å². The number of nitrogens with two attached hydrogens (primary N) is 1. The minimum absolute atomic E-state index is 0.0964. The van der Waals surface area contributed by atoms with Crippen molar-refractivity contribution in [3.05, 3.63) is 35.4 Å². The highest BCUT2D eigenvalue weighted by molar-refractivity contribution is 5.77. The Bertz CT molecular complexity index is 386. The molecule has 0 unspecified atom stereocenters. The first-order valence-electron chi connectivity index (χ1n) is 5.12. The van der Waals surface area contributed by atoms with Gasteiger partial charge in [-0.2, -0.15) is 0 Å². The largest absolute Gasteiger partial charge is 0.370 e. The molecule has 0 spiro atoms. The number of hydrogen-bond acceptors (Lipinski definition) is 3. The van der Waals surface area contributed by atoms with E-state index in [2.05, 4.69) is 5.32 Å². The molecule has 1 aromatic carbocycles. The zero-order valence-corrected chi connectivity index (χ0v) is 9.21. The number of carbonyl (C=O) groups excluding carboxylic acids is 1. The number of halogens is 2. The molecule has 0 aromatic heterocycles. The third-order valence-corrected chi connectivity index (χ3v) is 1.97. The van der Waals surface area contributed by atoms with Gasteiger partial charge in [-0.1, -0.05) is 6.07 Å². The number of carbonyl (C=O) groups is 1. The molecule has 94 valence electrons. The van der Waals surface area contributed by atoms with Gasteiger partial charge in [-0.25, -0.2) is 8.78 Å². The van der Waals surface area contributed by atoms with Gasteiger partial charge in [-0.05, 0) is 17.7 Å². The van der Waals surface area contributed by atoms with Gasteiger partial charge in [-0.15, -0.1) is 0 Å². The highest BCUT2D eigenvalue weighted by Crippen LogP contribution is 2.08. The van der Waals surface area contributed by atoms with Gasteiger partial charge < -0.3 is 15.8 Å². The van der Waals surface area contributed by atoms with Crippen LogP contribution in [0.2, 0.25) is 0 Å². The monoisotopic (exact) mass is 244 g/mol. The number of benzene rings is 1. The van der Waals surface area contributed by atoms with E-state index in [-0.39, 0.29) is 19.1 Å². The van der Waals surface area contributed by atoms with Gasteiger partial charge in [0, 0.05) is 13.1 Å². The molecule has 0 aliphatic rings. The van der Waals surface area contributed by atoms with E-state index < -0.39 is 11.6 Å². The Morgan fingerprint density at radius 1 is 1.35 bits per heavy atom. The first-order valence-corrected chi connectivity index (χ1v) is 5.12. The first-order chi connectivity index (χ1) is 8.13. The van der Waals surface area contributed by atoms with Crippen LogP contribution in [-0.4, -0.2) is 25.7 Å². The molecule has 0 aliphatic heterocycles. The first kappa shape index (κ1) is 13.5. The predicted octanol–water partition coefficient (Wildman–Crippen LogP) is 0.556. The summed E-state index contributed by atoms with van der Waals surface area (Å²) in [5, 5.41) is 2.51. The molecule has 0 fully saturated rings. The van der Waals surface area contributed by atoms with Crippen molar-refractivity contribution in [2.45, 2.75) is 6.54 Å². The molecular formula is C11H14F2N2O2. The summed E-state index contributed by atoms with van der Waals surface area (Å²) in [6.45, 7) is 0.679. The highest BCUT2D eigenvalue weighted by Gasteiger charge is 2.04. The second-order valence-corrected chi connectivity index (χ2v) is 3.37. The quantitative estimate of drug-likeness (QED) is 0.718. The summed E-state index contributed by atoms with van der Waals surface area (Å²) in [5.41, 5.74) is 5.66. The maximum absolute atomic E-state index is 12.8. The summed E-state index contributed by atoms with van der Waals surface area (Å²) < 4.78 is 30.3. The Kier molecular flexibility index (Phi) is 5.51. The van der Waals surface area contributed by atoms with E-state index in [1.165, 1.54) is 6.07 Å². The summed E-state index contributed by atoms with van der Waals surface area (Å²) >= 11 is 0. The molecule has 0 saturated carbocycles. The van der Waals surface area contributed by atoms with Crippen LogP contribution >= 0.6 is 0 Å². The minimum Gasteiger partial charge on any atom is -0.370 e. The lowest BCUT2D eigenvalue weighted by molar-refractivity contribution is -0.125. The average Bonchev–Trinajstić information content (AvgIpc) is 2.31. The van der Waals surface area contributed by atoms with Crippen LogP contribution < -0.4 is 11.1 Å². The van der Waals surface area contributed by atoms with Gasteiger partial charge >= 0.3 is 0 Å². The number of amides is 1. The van der Waals surface area contributed by atoms with Crippen LogP contribution in [0.5, 0.6) is 0 Å². The SMILES string of the molecule is NCCOCC(=O)NCc1ccc(F)c(F)c1. The van der Waals surface area contributed by atoms with Crippen molar-refractivity contribution >= 4 is 5.91 Å². The van der Waals surface area contributed by atoms with E-state index in [0.29, 0.717) is 18.7 Å². The molecule has 17 heavy (non-hydrogen) atoms. The Balaban J connectivity index is 2.34. The number of hydrogen-bond donors (Lipinski definition) is 2. The van der Waals surface area contributed by atoms with Gasteiger partial charge in [0.05, 0.1) is 6.61 Å². The summed E-state index contributed by atoms with van der Waals surface area (Å²) in [6, 6.07) is 3.46. The molecule has 0 saturated heterocycles. The fourth-order valence-corrected chi connectivity index (χ4v) is 1.15. The fourth-order valence-electron chi connectivity index (χ4n) is 1.15. The molecule has 0 bridgehead atoms. The van der Waals surface area contributed by atoms with Gasteiger partial charge in [0.1, 0.15) is 6.61 Å². The third kappa shape index (κ3) is 4.88. The van der Waals surface area contributed by atoms with Crippen LogP contribution in [0, 0.1) is 11.6 Å². The number of ether oxygens (including phenoxy) is 1. The maximum atomic E-state index is 12.8. The molecule has 1 amide bonds. The Morgan fingerprint density at radius 2 is 2.12 bits per heavy atom. The Labute approximate surface area is 97.8 Å². The Morgan fingerprint density at radius 3 is 2.76 bits per heavy atom. The minimum atomic E-state index is -0.934. The smallest absolute Gasteiger partial charge is 0.246 e. The second kappa shape index (κ2) is 6.93. The molecular weight excluding hydrogens is 230 g/mol. The van der Waals surface area contributed by atoms with Gasteiger partial charge in [0.25, 0.3) is 0 Å². The molecule has 4 nitrogen and oxygen atoms in total. The van der Waals surface area contributed by atoms with E-state index in [0.717, 1.165) is 12.1 Å². The fraction of sp³-hybridized carbons (Fsp3) is 0.364. The summed E-state index contributed by atoms with van der Waals surface area (Å²) in [4.78, 5) is 11.2. The van der Waals surface area contributed by atoms with Crippen LogP contribution in [0.25, 0.3) is 0 Å². The van der Waals surface area contributed by atoms with Crippen molar-refractivity contribution in [3.8, 4) is 0 Å². The molecule has 0 radical (unpaired) electrons. The third-order valence-electron chi connectivity index (χ3n) is 1.97. The van der Waals surface area contributed by atoms with Crippen LogP contribution in [0.1, 0.15) is 5.56 Å². The normalized spacial score (nSPS) is 10.3. The van der Waals surface area contributed by atoms with Gasteiger partial charge in [0.2, 0.25) is 5.91 Å². The van der Waals surface area contributed by atoms with Gasteiger partial charge in [0.15, 0.2) is 11.6 Å². The van der Waals surface area contributed by atoms with E-state index in [1.807, 2.05) is 0 Å². The lowest BCUT2D eigenvalue weighted by atomic mass is 10.2. The lowest BCUT2D eigenvalue weighted by Gasteiger charge is -2.06. The van der Waals surface area contributed by atoms with Crippen LogP contribution in [0.15, 0.2) is 18.2 Å². The molecule has 1 aromatic rings. The summed E-state index contributed by atoms with van der Waals surface area (Å²) in [7, 11) is 0. The molecule has 1 rings (SSSR count). The Hall–Kier alpha value is -1.53. The van der Waals surface area contributed by atoms with E-state index >= 15 is 0 Å². The molecule has 0 aliphatic carbocycles. The lowest BCUT2D eigenvalue weighted by Crippen LogP contribution is -2.28. The molecule has 3 N–H and O–H groups in total. The number of rotatable bonds is 6. The van der Waals surface area contributed by atoms with E-state index in [4.69, 9.17) is 10.5 Å². The highest BCUT2D eigenvalue weighted by atomic mass is 19.2. The molecule has 0 atom stereocenters. The van der Waals surface area contributed by atoms with Crippen molar-refractivity contribution in [1.29, 1.82) is 0 Å². The van der Waals surface area contributed by atoms with Crippen LogP contribution in [0.3, 0.4) is 0 Å². The predicted molar refractivity (Wildman–Crippen MR) is 58.1 cm³/mol. The van der Waals surface area contributed by atoms with Crippen molar-refractivity contribution in [1.82, 2.24) is 5.32 Å². The van der Waals surface area contributed by atoms with Crippen LogP contribution in [0.4, 0.5) is 8.78 Å². The number of nitrogens with one attached hydrogen (secondary N) is 1. The van der Waals surface area contributed by atoms with Crippen molar-refractivity contribution in [2.75, 3.05) is 19.8 Å². The average molecular weight is 244 g/mol. The van der Waals surface area contributed by atoms with E-state index in [9.17, 15) is 13.6 Å².